The summed E-state index contributed by atoms with van der Waals surface area (Å²) in [7, 11) is 0. The average Bonchev–Trinajstić information content (AvgIpc) is 3.09. The molecule has 108 valence electrons. The number of hydrogen-bond acceptors (Lipinski definition) is 2. The second-order valence-corrected chi connectivity index (χ2v) is 5.36. The molecule has 3 rings (SSSR count). The molecule has 1 saturated carbocycles. The van der Waals surface area contributed by atoms with Gasteiger partial charge in [0.2, 0.25) is 0 Å². The number of nitrogens with zero attached hydrogens (tertiary/aromatic N) is 1. The van der Waals surface area contributed by atoms with E-state index in [0.29, 0.717) is 11.1 Å². The van der Waals surface area contributed by atoms with Crippen molar-refractivity contribution in [1.82, 2.24) is 14.9 Å². The first-order valence-corrected chi connectivity index (χ1v) is 7.16. The monoisotopic (exact) mass is 283 g/mol. The largest absolute Gasteiger partial charge is 0.341 e. The van der Waals surface area contributed by atoms with E-state index in [1.807, 2.05) is 10.6 Å². The summed E-state index contributed by atoms with van der Waals surface area (Å²) in [5.74, 6) is 2.13. The molecule has 1 heterocycles. The molecule has 1 aliphatic carbocycles. The van der Waals surface area contributed by atoms with E-state index in [1.165, 1.54) is 0 Å². The van der Waals surface area contributed by atoms with Crippen LogP contribution in [-0.4, -0.2) is 22.0 Å². The number of imidazole rings is 1. The molecule has 0 spiro atoms. The maximum atomic E-state index is 12.2. The van der Waals surface area contributed by atoms with Crippen LogP contribution < -0.4 is 11.0 Å². The standard InChI is InChI=1S/C16H17N3O2/c1-2-9-17-15(20)11-7-8-14-13(10-11)18-16(21)19(14)12-5-3-4-6-12/h1,7-8,10,12H,3-6,9H2,(H,17,20)(H,18,21). The van der Waals surface area contributed by atoms with E-state index < -0.39 is 0 Å². The zero-order chi connectivity index (χ0) is 14.8. The normalized spacial score (nSPS) is 15.2. The molecule has 1 aromatic heterocycles. The van der Waals surface area contributed by atoms with Gasteiger partial charge in [-0.2, -0.15) is 0 Å². The van der Waals surface area contributed by atoms with Crippen LogP contribution >= 0.6 is 0 Å². The fraction of sp³-hybridized carbons (Fsp3) is 0.375. The van der Waals surface area contributed by atoms with E-state index in [9.17, 15) is 9.59 Å². The number of fused-ring (bicyclic) bond motifs is 1. The molecule has 5 heteroatoms. The summed E-state index contributed by atoms with van der Waals surface area (Å²) < 4.78 is 1.82. The fourth-order valence-electron chi connectivity index (χ4n) is 3.03. The van der Waals surface area contributed by atoms with Crippen LogP contribution in [0.3, 0.4) is 0 Å². The minimum Gasteiger partial charge on any atom is -0.341 e. The topological polar surface area (TPSA) is 66.9 Å². The molecule has 0 unspecified atom stereocenters. The van der Waals surface area contributed by atoms with Gasteiger partial charge in [-0.05, 0) is 31.0 Å². The number of hydrogen-bond donors (Lipinski definition) is 2. The molecule has 5 nitrogen and oxygen atoms in total. The molecule has 1 aliphatic rings. The van der Waals surface area contributed by atoms with Crippen molar-refractivity contribution < 1.29 is 4.79 Å². The number of nitrogens with one attached hydrogen (secondary N) is 2. The number of carbonyl (C=O) groups is 1. The third-order valence-corrected chi connectivity index (χ3v) is 4.02. The Kier molecular flexibility index (Phi) is 3.53. The van der Waals surface area contributed by atoms with Crippen LogP contribution in [-0.2, 0) is 0 Å². The number of aromatic amines is 1. The van der Waals surface area contributed by atoms with Gasteiger partial charge in [0.15, 0.2) is 0 Å². The molecule has 2 N–H and O–H groups in total. The molecule has 1 fully saturated rings. The van der Waals surface area contributed by atoms with Crippen molar-refractivity contribution in [3.05, 3.63) is 34.2 Å². The lowest BCUT2D eigenvalue weighted by atomic mass is 10.1. The van der Waals surface area contributed by atoms with E-state index in [0.717, 1.165) is 31.2 Å². The third kappa shape index (κ3) is 2.45. The number of rotatable bonds is 3. The van der Waals surface area contributed by atoms with Crippen molar-refractivity contribution in [1.29, 1.82) is 0 Å². The predicted molar refractivity (Wildman–Crippen MR) is 81.2 cm³/mol. The Morgan fingerprint density at radius 2 is 2.19 bits per heavy atom. The van der Waals surface area contributed by atoms with Crippen molar-refractivity contribution in [2.45, 2.75) is 31.7 Å². The van der Waals surface area contributed by atoms with Crippen molar-refractivity contribution >= 4 is 16.9 Å². The maximum absolute atomic E-state index is 12.2. The molecule has 0 saturated heterocycles. The van der Waals surface area contributed by atoms with Gasteiger partial charge in [-0.1, -0.05) is 18.8 Å². The van der Waals surface area contributed by atoms with Gasteiger partial charge < -0.3 is 10.3 Å². The van der Waals surface area contributed by atoms with E-state index in [4.69, 9.17) is 6.42 Å². The highest BCUT2D eigenvalue weighted by Gasteiger charge is 2.21. The minimum atomic E-state index is -0.232. The van der Waals surface area contributed by atoms with Crippen molar-refractivity contribution in [3.8, 4) is 12.3 Å². The quantitative estimate of drug-likeness (QED) is 0.844. The van der Waals surface area contributed by atoms with Gasteiger partial charge >= 0.3 is 5.69 Å². The molecule has 2 aromatic rings. The summed E-state index contributed by atoms with van der Waals surface area (Å²) in [6, 6.07) is 5.53. The average molecular weight is 283 g/mol. The summed E-state index contributed by atoms with van der Waals surface area (Å²) in [5.41, 5.74) is 1.95. The van der Waals surface area contributed by atoms with Gasteiger partial charge in [0, 0.05) is 11.6 Å². The second-order valence-electron chi connectivity index (χ2n) is 5.36. The zero-order valence-electron chi connectivity index (χ0n) is 11.7. The Bertz CT molecular complexity index is 773. The Morgan fingerprint density at radius 1 is 1.43 bits per heavy atom. The lowest BCUT2D eigenvalue weighted by molar-refractivity contribution is 0.0959. The van der Waals surface area contributed by atoms with Crippen LogP contribution in [0.15, 0.2) is 23.0 Å². The molecular formula is C16H17N3O2. The Labute approximate surface area is 122 Å². The highest BCUT2D eigenvalue weighted by molar-refractivity contribution is 5.97. The lowest BCUT2D eigenvalue weighted by Crippen LogP contribution is -2.23. The first-order valence-electron chi connectivity index (χ1n) is 7.16. The van der Waals surface area contributed by atoms with Crippen molar-refractivity contribution in [3.63, 3.8) is 0 Å². The van der Waals surface area contributed by atoms with Gasteiger partial charge in [-0.25, -0.2) is 4.79 Å². The summed E-state index contributed by atoms with van der Waals surface area (Å²) in [6.07, 6.45) is 9.53. The van der Waals surface area contributed by atoms with Gasteiger partial charge in [0.1, 0.15) is 0 Å². The molecule has 21 heavy (non-hydrogen) atoms. The van der Waals surface area contributed by atoms with Crippen molar-refractivity contribution in [2.24, 2.45) is 0 Å². The molecule has 0 aliphatic heterocycles. The van der Waals surface area contributed by atoms with E-state index in [1.54, 1.807) is 12.1 Å². The maximum Gasteiger partial charge on any atom is 0.326 e. The van der Waals surface area contributed by atoms with Crippen LogP contribution in [0.5, 0.6) is 0 Å². The summed E-state index contributed by atoms with van der Waals surface area (Å²) in [5, 5.41) is 2.62. The van der Waals surface area contributed by atoms with Gasteiger partial charge in [-0.3, -0.25) is 9.36 Å². The summed E-state index contributed by atoms with van der Waals surface area (Å²) in [6.45, 7) is 0.191. The Balaban J connectivity index is 1.98. The number of carbonyl (C=O) groups excluding carboxylic acids is 1. The lowest BCUT2D eigenvalue weighted by Gasteiger charge is -2.11. The SMILES string of the molecule is C#CCNC(=O)c1ccc2c(c1)[nH]c(=O)n2C1CCCC1. The molecule has 0 bridgehead atoms. The van der Waals surface area contributed by atoms with E-state index in [2.05, 4.69) is 16.2 Å². The molecule has 0 radical (unpaired) electrons. The zero-order valence-corrected chi connectivity index (χ0v) is 11.7. The van der Waals surface area contributed by atoms with Gasteiger partial charge in [0.05, 0.1) is 17.6 Å². The summed E-state index contributed by atoms with van der Waals surface area (Å²) in [4.78, 5) is 26.9. The van der Waals surface area contributed by atoms with E-state index in [-0.39, 0.29) is 24.2 Å². The Hall–Kier alpha value is -2.48. The van der Waals surface area contributed by atoms with Crippen LogP contribution in [0.25, 0.3) is 11.0 Å². The van der Waals surface area contributed by atoms with Gasteiger partial charge in [0.25, 0.3) is 5.91 Å². The molecule has 1 amide bonds. The Morgan fingerprint density at radius 3 is 2.90 bits per heavy atom. The van der Waals surface area contributed by atoms with Gasteiger partial charge in [-0.15, -0.1) is 6.42 Å². The molecular weight excluding hydrogens is 266 g/mol. The van der Waals surface area contributed by atoms with Crippen LogP contribution in [0, 0.1) is 12.3 Å². The van der Waals surface area contributed by atoms with Crippen LogP contribution in [0.2, 0.25) is 0 Å². The van der Waals surface area contributed by atoms with Crippen LogP contribution in [0.1, 0.15) is 42.1 Å². The fourth-order valence-corrected chi connectivity index (χ4v) is 3.03. The van der Waals surface area contributed by atoms with Crippen LogP contribution in [0.4, 0.5) is 0 Å². The number of terminal acetylenes is 1. The number of H-pyrrole nitrogens is 1. The number of amides is 1. The van der Waals surface area contributed by atoms with E-state index >= 15 is 0 Å². The smallest absolute Gasteiger partial charge is 0.326 e. The highest BCUT2D eigenvalue weighted by atomic mass is 16.2. The number of benzene rings is 1. The molecule has 1 aromatic carbocycles. The number of aromatic nitrogens is 2. The predicted octanol–water partition coefficient (Wildman–Crippen LogP) is 1.81. The molecule has 0 atom stereocenters. The summed E-state index contributed by atoms with van der Waals surface area (Å²) >= 11 is 0. The highest BCUT2D eigenvalue weighted by Crippen LogP contribution is 2.30. The third-order valence-electron chi connectivity index (χ3n) is 4.02. The first kappa shape index (κ1) is 13.5. The second kappa shape index (κ2) is 5.49. The first-order chi connectivity index (χ1) is 10.2. The minimum absolute atomic E-state index is 0.0990. The van der Waals surface area contributed by atoms with Crippen molar-refractivity contribution in [2.75, 3.05) is 6.54 Å².